The van der Waals surface area contributed by atoms with Crippen molar-refractivity contribution in [3.8, 4) is 11.5 Å². The van der Waals surface area contributed by atoms with Crippen LogP contribution in [0.25, 0.3) is 0 Å². The molecule has 0 bridgehead atoms. The molecule has 0 saturated carbocycles. The van der Waals surface area contributed by atoms with Gasteiger partial charge in [0.1, 0.15) is 11.5 Å². The number of aromatic nitrogens is 3. The molecule has 1 heterocycles. The van der Waals surface area contributed by atoms with Crippen molar-refractivity contribution in [2.45, 2.75) is 56.4 Å². The smallest absolute Gasteiger partial charge is 0.416 e. The molecule has 2 aromatic carbocycles. The molecule has 2 unspecified atom stereocenters. The largest absolute Gasteiger partial charge is 0.497 e. The molecule has 1 aromatic heterocycles. The Labute approximate surface area is 206 Å². The number of rotatable bonds is 9. The van der Waals surface area contributed by atoms with Gasteiger partial charge in [-0.15, -0.1) is 10.2 Å². The quantitative estimate of drug-likeness (QED) is 0.350. The van der Waals surface area contributed by atoms with Crippen molar-refractivity contribution in [3.63, 3.8) is 0 Å². The van der Waals surface area contributed by atoms with Gasteiger partial charge in [-0.1, -0.05) is 23.9 Å². The van der Waals surface area contributed by atoms with Crippen LogP contribution in [0.5, 0.6) is 11.5 Å². The van der Waals surface area contributed by atoms with Gasteiger partial charge in [0.05, 0.1) is 17.9 Å². The molecule has 3 aromatic rings. The third-order valence-corrected chi connectivity index (χ3v) is 6.09. The molecule has 1 N–H and O–H groups in total. The van der Waals surface area contributed by atoms with Crippen LogP contribution in [0.15, 0.2) is 53.7 Å². The van der Waals surface area contributed by atoms with E-state index in [1.165, 1.54) is 23.9 Å². The maximum Gasteiger partial charge on any atom is 0.416 e. The zero-order chi connectivity index (χ0) is 25.8. The number of carbonyl (C=O) groups is 1. The van der Waals surface area contributed by atoms with E-state index in [-0.39, 0.29) is 11.7 Å². The van der Waals surface area contributed by atoms with Gasteiger partial charge in [0.25, 0.3) is 0 Å². The summed E-state index contributed by atoms with van der Waals surface area (Å²) < 4.78 is 52.0. The number of ether oxygens (including phenoxy) is 2. The number of nitrogens with one attached hydrogen (secondary N) is 1. The van der Waals surface area contributed by atoms with E-state index in [4.69, 9.17) is 9.47 Å². The first-order chi connectivity index (χ1) is 16.5. The summed E-state index contributed by atoms with van der Waals surface area (Å²) in [6.45, 7) is 7.43. The van der Waals surface area contributed by atoms with Crippen molar-refractivity contribution in [1.29, 1.82) is 0 Å². The average molecular weight is 509 g/mol. The summed E-state index contributed by atoms with van der Waals surface area (Å²) in [4.78, 5) is 12.7. The summed E-state index contributed by atoms with van der Waals surface area (Å²) in [5.41, 5.74) is -0.756. The molecule has 188 valence electrons. The van der Waals surface area contributed by atoms with E-state index in [1.807, 2.05) is 43.5 Å². The summed E-state index contributed by atoms with van der Waals surface area (Å²) in [6.07, 6.45) is -4.94. The maximum absolute atomic E-state index is 13.0. The summed E-state index contributed by atoms with van der Waals surface area (Å²) in [5, 5.41) is 10.9. The molecule has 7 nitrogen and oxygen atoms in total. The van der Waals surface area contributed by atoms with Crippen molar-refractivity contribution < 1.29 is 27.4 Å². The Balaban J connectivity index is 1.73. The lowest BCUT2D eigenvalue weighted by Crippen LogP contribution is -2.23. The van der Waals surface area contributed by atoms with Crippen LogP contribution < -0.4 is 14.8 Å². The molecule has 0 fully saturated rings. The van der Waals surface area contributed by atoms with Crippen LogP contribution in [-0.2, 0) is 11.0 Å². The second-order valence-corrected chi connectivity index (χ2v) is 9.38. The normalized spacial score (nSPS) is 13.4. The Hall–Kier alpha value is -3.21. The van der Waals surface area contributed by atoms with Gasteiger partial charge in [-0.25, -0.2) is 0 Å². The number of alkyl halides is 3. The van der Waals surface area contributed by atoms with Gasteiger partial charge in [-0.3, -0.25) is 4.79 Å². The molecule has 0 radical (unpaired) electrons. The Morgan fingerprint density at radius 3 is 2.37 bits per heavy atom. The molecule has 35 heavy (non-hydrogen) atoms. The van der Waals surface area contributed by atoms with Gasteiger partial charge in [-0.05, 0) is 58.0 Å². The Morgan fingerprint density at radius 2 is 1.71 bits per heavy atom. The van der Waals surface area contributed by atoms with E-state index in [1.54, 1.807) is 20.1 Å². The third kappa shape index (κ3) is 6.68. The number of benzene rings is 2. The van der Waals surface area contributed by atoms with Gasteiger partial charge in [-0.2, -0.15) is 13.2 Å². The zero-order valence-corrected chi connectivity index (χ0v) is 20.8. The molecule has 1 amide bonds. The molecular formula is C24H27F3N4O3S. The number of hydrogen-bond donors (Lipinski definition) is 1. The van der Waals surface area contributed by atoms with Crippen molar-refractivity contribution in [2.75, 3.05) is 12.4 Å². The van der Waals surface area contributed by atoms with E-state index in [9.17, 15) is 18.0 Å². The lowest BCUT2D eigenvalue weighted by atomic mass is 10.2. The van der Waals surface area contributed by atoms with Crippen LogP contribution in [0.3, 0.4) is 0 Å². The first-order valence-corrected chi connectivity index (χ1v) is 11.8. The van der Waals surface area contributed by atoms with Gasteiger partial charge in [0.2, 0.25) is 5.91 Å². The van der Waals surface area contributed by atoms with Gasteiger partial charge >= 0.3 is 6.18 Å². The number of thioether (sulfide) groups is 1. The second kappa shape index (κ2) is 11.0. The Bertz CT molecular complexity index is 1170. The molecule has 0 saturated heterocycles. The standard InChI is InChI=1S/C24H27F3N4O3S/c1-14(2)31-21(15(3)34-20-11-7-10-19(13-20)33-5)29-30-23(31)35-16(4)22(32)28-18-9-6-8-17(12-18)24(25,26)27/h6-16H,1-5H3,(H,28,32). The van der Waals surface area contributed by atoms with Crippen molar-refractivity contribution in [2.24, 2.45) is 0 Å². The predicted molar refractivity (Wildman–Crippen MR) is 128 cm³/mol. The number of carbonyl (C=O) groups excluding carboxylic acids is 1. The van der Waals surface area contributed by atoms with Crippen LogP contribution in [0.2, 0.25) is 0 Å². The highest BCUT2D eigenvalue weighted by atomic mass is 32.2. The SMILES string of the molecule is COc1cccc(OC(C)c2nnc(SC(C)C(=O)Nc3cccc(C(F)(F)F)c3)n2C(C)C)c1. The van der Waals surface area contributed by atoms with Gasteiger partial charge in [0.15, 0.2) is 17.1 Å². The van der Waals surface area contributed by atoms with Crippen LogP contribution in [-0.4, -0.2) is 33.0 Å². The first-order valence-electron chi connectivity index (χ1n) is 10.9. The van der Waals surface area contributed by atoms with Crippen LogP contribution in [0, 0.1) is 0 Å². The summed E-state index contributed by atoms with van der Waals surface area (Å²) in [5.74, 6) is 1.40. The van der Waals surface area contributed by atoms with Crippen molar-refractivity contribution in [1.82, 2.24) is 14.8 Å². The molecule has 0 aliphatic rings. The monoisotopic (exact) mass is 508 g/mol. The molecule has 0 aliphatic heterocycles. The Morgan fingerprint density at radius 1 is 1.03 bits per heavy atom. The van der Waals surface area contributed by atoms with Crippen LogP contribution in [0.4, 0.5) is 18.9 Å². The van der Waals surface area contributed by atoms with Gasteiger partial charge < -0.3 is 19.4 Å². The highest BCUT2D eigenvalue weighted by Gasteiger charge is 2.31. The van der Waals surface area contributed by atoms with Gasteiger partial charge in [0, 0.05) is 17.8 Å². The highest BCUT2D eigenvalue weighted by Crippen LogP contribution is 2.32. The minimum atomic E-state index is -4.49. The summed E-state index contributed by atoms with van der Waals surface area (Å²) in [7, 11) is 1.58. The fourth-order valence-electron chi connectivity index (χ4n) is 3.29. The number of hydrogen-bond acceptors (Lipinski definition) is 6. The van der Waals surface area contributed by atoms with E-state index < -0.39 is 29.0 Å². The fraction of sp³-hybridized carbons (Fsp3) is 0.375. The summed E-state index contributed by atoms with van der Waals surface area (Å²) >= 11 is 1.17. The number of methoxy groups -OCH3 is 1. The molecule has 2 atom stereocenters. The lowest BCUT2D eigenvalue weighted by molar-refractivity contribution is -0.137. The Kier molecular flexibility index (Phi) is 8.31. The fourth-order valence-corrected chi connectivity index (χ4v) is 4.28. The zero-order valence-electron chi connectivity index (χ0n) is 20.0. The topological polar surface area (TPSA) is 78.3 Å². The highest BCUT2D eigenvalue weighted by molar-refractivity contribution is 8.00. The number of anilines is 1. The van der Waals surface area contributed by atoms with E-state index >= 15 is 0 Å². The summed E-state index contributed by atoms with van der Waals surface area (Å²) in [6, 6.07) is 11.7. The minimum absolute atomic E-state index is 0.0300. The second-order valence-electron chi connectivity index (χ2n) is 8.07. The number of nitrogens with zero attached hydrogens (tertiary/aromatic N) is 3. The first kappa shape index (κ1) is 26.4. The third-order valence-electron chi connectivity index (χ3n) is 5.03. The van der Waals surface area contributed by atoms with E-state index in [0.29, 0.717) is 22.5 Å². The molecule has 0 spiro atoms. The lowest BCUT2D eigenvalue weighted by Gasteiger charge is -2.20. The molecule has 11 heteroatoms. The predicted octanol–water partition coefficient (Wildman–Crippen LogP) is 6.15. The van der Waals surface area contributed by atoms with Crippen LogP contribution >= 0.6 is 11.8 Å². The molecule has 0 aliphatic carbocycles. The molecule has 3 rings (SSSR count). The minimum Gasteiger partial charge on any atom is -0.497 e. The van der Waals surface area contributed by atoms with Crippen LogP contribution in [0.1, 0.15) is 51.2 Å². The van der Waals surface area contributed by atoms with E-state index in [0.717, 1.165) is 12.1 Å². The average Bonchev–Trinajstić information content (AvgIpc) is 3.22. The number of amides is 1. The van der Waals surface area contributed by atoms with Crippen molar-refractivity contribution >= 4 is 23.4 Å². The number of halogens is 3. The van der Waals surface area contributed by atoms with E-state index in [2.05, 4.69) is 15.5 Å². The maximum atomic E-state index is 13.0. The van der Waals surface area contributed by atoms with Crippen molar-refractivity contribution in [3.05, 3.63) is 59.9 Å². The molecular weight excluding hydrogens is 481 g/mol.